The highest BCUT2D eigenvalue weighted by molar-refractivity contribution is 6.32. The van der Waals surface area contributed by atoms with Crippen LogP contribution in [0.15, 0.2) is 24.3 Å². The third-order valence-electron chi connectivity index (χ3n) is 1.81. The van der Waals surface area contributed by atoms with Crippen molar-refractivity contribution in [2.24, 2.45) is 5.41 Å². The molecule has 1 aromatic carbocycles. The van der Waals surface area contributed by atoms with Crippen molar-refractivity contribution >= 4 is 21.2 Å². The molecule has 0 saturated heterocycles. The highest BCUT2D eigenvalue weighted by atomic mass is 28.1. The molecule has 1 rings (SSSR count). The van der Waals surface area contributed by atoms with Crippen LogP contribution in [0.2, 0.25) is 0 Å². The fourth-order valence-electron chi connectivity index (χ4n) is 1.09. The van der Waals surface area contributed by atoms with Gasteiger partial charge in [0.05, 0.1) is 10.2 Å². The van der Waals surface area contributed by atoms with Crippen LogP contribution in [0, 0.1) is 5.41 Å². The van der Waals surface area contributed by atoms with Crippen LogP contribution in [-0.2, 0) is 0 Å². The average molecular weight is 189 g/mol. The summed E-state index contributed by atoms with van der Waals surface area (Å²) in [6.07, 6.45) is 0. The summed E-state index contributed by atoms with van der Waals surface area (Å²) >= 11 is 0. The molecule has 0 fully saturated rings. The minimum atomic E-state index is -0.306. The molecule has 0 unspecified atom stereocenters. The Morgan fingerprint density at radius 1 is 1.31 bits per heavy atom. The molecule has 1 aromatic rings. The van der Waals surface area contributed by atoms with Crippen molar-refractivity contribution in [3.05, 3.63) is 29.8 Å². The van der Waals surface area contributed by atoms with E-state index in [0.29, 0.717) is 0 Å². The lowest BCUT2D eigenvalue weighted by molar-refractivity contribution is 0.0858. The molecule has 1 nitrogen and oxygen atoms in total. The van der Waals surface area contributed by atoms with E-state index in [1.54, 1.807) is 0 Å². The van der Waals surface area contributed by atoms with Gasteiger partial charge in [-0.3, -0.25) is 4.79 Å². The van der Waals surface area contributed by atoms with Crippen molar-refractivity contribution < 1.29 is 4.79 Å². The Kier molecular flexibility index (Phi) is 2.71. The van der Waals surface area contributed by atoms with Gasteiger partial charge in [-0.15, -0.1) is 0 Å². The van der Waals surface area contributed by atoms with Gasteiger partial charge in [-0.05, 0) is 0 Å². The van der Waals surface area contributed by atoms with Gasteiger partial charge < -0.3 is 0 Å². The van der Waals surface area contributed by atoms with Crippen LogP contribution in [0.5, 0.6) is 0 Å². The highest BCUT2D eigenvalue weighted by Gasteiger charge is 2.22. The molecule has 13 heavy (non-hydrogen) atoms. The Bertz CT molecular complexity index is 323. The van der Waals surface area contributed by atoms with E-state index in [4.69, 9.17) is 0 Å². The van der Waals surface area contributed by atoms with Crippen LogP contribution in [0.1, 0.15) is 31.1 Å². The van der Waals surface area contributed by atoms with Gasteiger partial charge >= 0.3 is 0 Å². The second-order valence-corrected chi connectivity index (χ2v) is 4.74. The van der Waals surface area contributed by atoms with E-state index in [9.17, 15) is 4.79 Å². The van der Waals surface area contributed by atoms with Crippen molar-refractivity contribution in [1.29, 1.82) is 0 Å². The van der Waals surface area contributed by atoms with Gasteiger partial charge in [0.2, 0.25) is 0 Å². The summed E-state index contributed by atoms with van der Waals surface area (Å²) in [7, 11) is 3.39. The number of benzene rings is 1. The zero-order valence-corrected chi connectivity index (χ0v) is 9.22. The first-order valence-corrected chi connectivity index (χ1v) is 4.78. The number of ketones is 1. The van der Waals surface area contributed by atoms with Crippen molar-refractivity contribution in [1.82, 2.24) is 0 Å². The predicted molar refractivity (Wildman–Crippen MR) is 55.6 cm³/mol. The zero-order valence-electron chi connectivity index (χ0n) is 8.22. The molecule has 0 aliphatic carbocycles. The van der Waals surface area contributed by atoms with Gasteiger partial charge in [0.1, 0.15) is 0 Å². The standard InChI is InChI=1S/C11H13OSi/c1-11(2,3)10(12)8-5-4-6-9(13)7-8/h4-7H,1-3H3. The van der Waals surface area contributed by atoms with Crippen LogP contribution < -0.4 is 5.19 Å². The monoisotopic (exact) mass is 189 g/mol. The molecule has 0 aliphatic rings. The third kappa shape index (κ3) is 2.52. The Balaban J connectivity index is 3.03. The number of rotatable bonds is 1. The van der Waals surface area contributed by atoms with E-state index in [1.165, 1.54) is 0 Å². The fraction of sp³-hybridized carbons (Fsp3) is 0.364. The second kappa shape index (κ2) is 3.46. The molecule has 0 heterocycles. The number of carbonyl (C=O) groups is 1. The lowest BCUT2D eigenvalue weighted by Gasteiger charge is -2.16. The summed E-state index contributed by atoms with van der Waals surface area (Å²) in [4.78, 5) is 11.8. The summed E-state index contributed by atoms with van der Waals surface area (Å²) in [5.41, 5.74) is 0.458. The van der Waals surface area contributed by atoms with Crippen molar-refractivity contribution in [2.75, 3.05) is 0 Å². The fourth-order valence-corrected chi connectivity index (χ4v) is 1.35. The normalized spacial score (nSPS) is 11.4. The van der Waals surface area contributed by atoms with Gasteiger partial charge in [0.15, 0.2) is 5.78 Å². The summed E-state index contributed by atoms with van der Waals surface area (Å²) in [6, 6.07) is 7.49. The van der Waals surface area contributed by atoms with Crippen molar-refractivity contribution in [3.8, 4) is 0 Å². The quantitative estimate of drug-likeness (QED) is 0.485. The largest absolute Gasteiger partial charge is 0.294 e. The van der Waals surface area contributed by atoms with Crippen LogP contribution in [-0.4, -0.2) is 16.0 Å². The minimum absolute atomic E-state index is 0.174. The predicted octanol–water partition coefficient (Wildman–Crippen LogP) is 1.71. The van der Waals surface area contributed by atoms with Gasteiger partial charge in [-0.1, -0.05) is 50.2 Å². The molecule has 0 aromatic heterocycles. The first-order valence-electron chi connectivity index (χ1n) is 4.28. The van der Waals surface area contributed by atoms with Crippen molar-refractivity contribution in [3.63, 3.8) is 0 Å². The van der Waals surface area contributed by atoms with E-state index < -0.39 is 0 Å². The molecule has 67 valence electrons. The van der Waals surface area contributed by atoms with Crippen LogP contribution in [0.25, 0.3) is 0 Å². The average Bonchev–Trinajstić information content (AvgIpc) is 2.01. The topological polar surface area (TPSA) is 17.1 Å². The number of Topliss-reactive ketones (excluding diaryl/α,β-unsaturated/α-hetero) is 1. The smallest absolute Gasteiger partial charge is 0.168 e. The van der Waals surface area contributed by atoms with Gasteiger partial charge in [0, 0.05) is 11.0 Å². The van der Waals surface area contributed by atoms with Gasteiger partial charge in [-0.2, -0.15) is 0 Å². The summed E-state index contributed by atoms with van der Waals surface area (Å²) < 4.78 is 0. The van der Waals surface area contributed by atoms with Crippen molar-refractivity contribution in [2.45, 2.75) is 20.8 Å². The van der Waals surface area contributed by atoms with E-state index in [1.807, 2.05) is 45.0 Å². The van der Waals surface area contributed by atoms with E-state index in [2.05, 4.69) is 10.2 Å². The molecular weight excluding hydrogens is 176 g/mol. The van der Waals surface area contributed by atoms with Crippen LogP contribution in [0.3, 0.4) is 0 Å². The maximum atomic E-state index is 11.8. The van der Waals surface area contributed by atoms with Crippen LogP contribution >= 0.6 is 0 Å². The summed E-state index contributed by atoms with van der Waals surface area (Å²) in [6.45, 7) is 5.78. The summed E-state index contributed by atoms with van der Waals surface area (Å²) in [5, 5.41) is 0.940. The molecule has 0 amide bonds. The number of hydrogen-bond donors (Lipinski definition) is 0. The van der Waals surface area contributed by atoms with Crippen LogP contribution in [0.4, 0.5) is 0 Å². The molecule has 0 bridgehead atoms. The molecule has 0 N–H and O–H groups in total. The Labute approximate surface area is 82.6 Å². The Hall–Kier alpha value is -0.893. The third-order valence-corrected chi connectivity index (χ3v) is 2.12. The molecule has 3 radical (unpaired) electrons. The lowest BCUT2D eigenvalue weighted by Crippen LogP contribution is -2.21. The minimum Gasteiger partial charge on any atom is -0.294 e. The number of carbonyl (C=O) groups excluding carboxylic acids is 1. The number of hydrogen-bond acceptors (Lipinski definition) is 1. The van der Waals surface area contributed by atoms with E-state index in [-0.39, 0.29) is 11.2 Å². The van der Waals surface area contributed by atoms with E-state index >= 15 is 0 Å². The molecule has 0 spiro atoms. The lowest BCUT2D eigenvalue weighted by atomic mass is 9.87. The second-order valence-electron chi connectivity index (χ2n) is 4.16. The van der Waals surface area contributed by atoms with Gasteiger partial charge in [0.25, 0.3) is 0 Å². The first kappa shape index (κ1) is 10.2. The molecule has 0 saturated carbocycles. The molecule has 2 heteroatoms. The molecule has 0 atom stereocenters. The Morgan fingerprint density at radius 2 is 1.92 bits per heavy atom. The first-order chi connectivity index (χ1) is 5.91. The Morgan fingerprint density at radius 3 is 2.38 bits per heavy atom. The molecule has 0 aliphatic heterocycles. The maximum absolute atomic E-state index is 11.8. The maximum Gasteiger partial charge on any atom is 0.168 e. The highest BCUT2D eigenvalue weighted by Crippen LogP contribution is 2.19. The van der Waals surface area contributed by atoms with E-state index in [0.717, 1.165) is 10.8 Å². The van der Waals surface area contributed by atoms with Gasteiger partial charge in [-0.25, -0.2) is 0 Å². The zero-order chi connectivity index (χ0) is 10.1. The molecular formula is C11H13OSi. The SMILES string of the molecule is CC(C)(C)C(=O)c1cccc([Si])c1. The summed E-state index contributed by atoms with van der Waals surface area (Å²) in [5.74, 6) is 0.174.